The molecule has 0 atom stereocenters. The summed E-state index contributed by atoms with van der Waals surface area (Å²) in [4.78, 5) is 35.0. The SMILES string of the molecule is Cc1nc2c(nc1C)C(=O)C(N1CCOCC1)=CC2=O. The molecule has 1 aromatic heterocycles. The fourth-order valence-corrected chi connectivity index (χ4v) is 2.35. The molecule has 0 unspecified atom stereocenters. The molecule has 0 N–H and O–H groups in total. The van der Waals surface area contributed by atoms with Gasteiger partial charge >= 0.3 is 0 Å². The molecule has 0 saturated carbocycles. The number of ether oxygens (including phenoxy) is 1. The van der Waals surface area contributed by atoms with Crippen LogP contribution in [0.15, 0.2) is 11.8 Å². The molecule has 0 amide bonds. The van der Waals surface area contributed by atoms with Crippen molar-refractivity contribution in [2.24, 2.45) is 0 Å². The van der Waals surface area contributed by atoms with Gasteiger partial charge in [-0.2, -0.15) is 0 Å². The van der Waals surface area contributed by atoms with E-state index in [-0.39, 0.29) is 23.0 Å². The van der Waals surface area contributed by atoms with Crippen molar-refractivity contribution in [1.29, 1.82) is 0 Å². The van der Waals surface area contributed by atoms with Crippen LogP contribution in [0.1, 0.15) is 32.4 Å². The van der Waals surface area contributed by atoms with Crippen LogP contribution in [0.3, 0.4) is 0 Å². The number of morpholine rings is 1. The number of ketones is 2. The van der Waals surface area contributed by atoms with Crippen LogP contribution >= 0.6 is 0 Å². The molecule has 2 aliphatic rings. The summed E-state index contributed by atoms with van der Waals surface area (Å²) in [6.45, 7) is 5.90. The first-order chi connectivity index (χ1) is 9.58. The first kappa shape index (κ1) is 12.9. The van der Waals surface area contributed by atoms with Gasteiger partial charge < -0.3 is 9.64 Å². The van der Waals surface area contributed by atoms with Crippen LogP contribution in [0, 0.1) is 13.8 Å². The average Bonchev–Trinajstić information content (AvgIpc) is 2.46. The summed E-state index contributed by atoms with van der Waals surface area (Å²) in [5, 5.41) is 0. The lowest BCUT2D eigenvalue weighted by Gasteiger charge is -2.31. The summed E-state index contributed by atoms with van der Waals surface area (Å²) in [7, 11) is 0. The number of hydrogen-bond donors (Lipinski definition) is 0. The Morgan fingerprint density at radius 3 is 2.30 bits per heavy atom. The molecule has 20 heavy (non-hydrogen) atoms. The Bertz CT molecular complexity index is 631. The molecule has 0 spiro atoms. The Morgan fingerprint density at radius 2 is 1.65 bits per heavy atom. The summed E-state index contributed by atoms with van der Waals surface area (Å²) >= 11 is 0. The summed E-state index contributed by atoms with van der Waals surface area (Å²) in [6, 6.07) is 0. The van der Waals surface area contributed by atoms with E-state index in [4.69, 9.17) is 4.74 Å². The second-order valence-electron chi connectivity index (χ2n) is 4.91. The smallest absolute Gasteiger partial charge is 0.229 e. The number of hydrogen-bond acceptors (Lipinski definition) is 6. The average molecular weight is 273 g/mol. The van der Waals surface area contributed by atoms with E-state index in [2.05, 4.69) is 9.97 Å². The van der Waals surface area contributed by atoms with Crippen molar-refractivity contribution < 1.29 is 14.3 Å². The molecule has 0 bridgehead atoms. The van der Waals surface area contributed by atoms with E-state index in [1.54, 1.807) is 13.8 Å². The van der Waals surface area contributed by atoms with Gasteiger partial charge in [0.1, 0.15) is 11.4 Å². The summed E-state index contributed by atoms with van der Waals surface area (Å²) in [5.41, 5.74) is 2.09. The highest BCUT2D eigenvalue weighted by molar-refractivity contribution is 6.22. The van der Waals surface area contributed by atoms with Crippen molar-refractivity contribution in [1.82, 2.24) is 14.9 Å². The molecular weight excluding hydrogens is 258 g/mol. The van der Waals surface area contributed by atoms with E-state index in [0.717, 1.165) is 0 Å². The van der Waals surface area contributed by atoms with Gasteiger partial charge in [-0.3, -0.25) is 9.59 Å². The van der Waals surface area contributed by atoms with Crippen LogP contribution in [-0.2, 0) is 4.74 Å². The maximum Gasteiger partial charge on any atom is 0.229 e. The molecule has 1 fully saturated rings. The topological polar surface area (TPSA) is 72.4 Å². The van der Waals surface area contributed by atoms with Gasteiger partial charge in [-0.25, -0.2) is 9.97 Å². The lowest BCUT2D eigenvalue weighted by molar-refractivity contribution is 0.0500. The Balaban J connectivity index is 2.03. The van der Waals surface area contributed by atoms with E-state index in [0.29, 0.717) is 43.4 Å². The monoisotopic (exact) mass is 273 g/mol. The van der Waals surface area contributed by atoms with Crippen molar-refractivity contribution in [3.05, 3.63) is 34.5 Å². The fourth-order valence-electron chi connectivity index (χ4n) is 2.35. The molecule has 0 radical (unpaired) electrons. The first-order valence-corrected chi connectivity index (χ1v) is 6.56. The minimum absolute atomic E-state index is 0.162. The van der Waals surface area contributed by atoms with Crippen LogP contribution in [0.25, 0.3) is 0 Å². The number of fused-ring (bicyclic) bond motifs is 1. The zero-order chi connectivity index (χ0) is 14.3. The van der Waals surface area contributed by atoms with Gasteiger partial charge in [0.25, 0.3) is 0 Å². The van der Waals surface area contributed by atoms with Gasteiger partial charge in [-0.15, -0.1) is 0 Å². The minimum atomic E-state index is -0.253. The number of Topliss-reactive ketones (excluding diaryl/α,β-unsaturated/α-hetero) is 1. The Morgan fingerprint density at radius 1 is 1.05 bits per heavy atom. The number of allylic oxidation sites excluding steroid dienone is 2. The van der Waals surface area contributed by atoms with Crippen LogP contribution < -0.4 is 0 Å². The first-order valence-electron chi connectivity index (χ1n) is 6.56. The number of rotatable bonds is 1. The molecule has 0 aromatic carbocycles. The molecule has 1 aliphatic heterocycles. The molecule has 1 saturated heterocycles. The molecule has 1 aliphatic carbocycles. The lowest BCUT2D eigenvalue weighted by Crippen LogP contribution is -2.40. The second-order valence-corrected chi connectivity index (χ2v) is 4.91. The molecule has 6 heteroatoms. The quantitative estimate of drug-likeness (QED) is 0.749. The third-order valence-corrected chi connectivity index (χ3v) is 3.61. The molecule has 6 nitrogen and oxygen atoms in total. The van der Waals surface area contributed by atoms with E-state index in [1.807, 2.05) is 4.90 Å². The predicted octanol–water partition coefficient (Wildman–Crippen LogP) is 0.689. The molecular formula is C14H15N3O3. The van der Waals surface area contributed by atoms with E-state index < -0.39 is 0 Å². The van der Waals surface area contributed by atoms with E-state index in [1.165, 1.54) is 6.08 Å². The van der Waals surface area contributed by atoms with Gasteiger partial charge in [0.2, 0.25) is 11.6 Å². The number of nitrogens with zero attached hydrogens (tertiary/aromatic N) is 3. The highest BCUT2D eigenvalue weighted by atomic mass is 16.5. The van der Waals surface area contributed by atoms with Gasteiger partial charge in [0.05, 0.1) is 30.3 Å². The highest BCUT2D eigenvalue weighted by Gasteiger charge is 2.32. The lowest BCUT2D eigenvalue weighted by atomic mass is 10.00. The Labute approximate surface area is 116 Å². The molecule has 104 valence electrons. The van der Waals surface area contributed by atoms with Crippen molar-refractivity contribution >= 4 is 11.6 Å². The van der Waals surface area contributed by atoms with Gasteiger partial charge in [0, 0.05) is 19.2 Å². The summed E-state index contributed by atoms with van der Waals surface area (Å²) in [6.07, 6.45) is 1.37. The molecule has 2 heterocycles. The number of carbonyl (C=O) groups excluding carboxylic acids is 2. The number of aryl methyl sites for hydroxylation is 2. The maximum atomic E-state index is 12.5. The number of carbonyl (C=O) groups is 2. The fraction of sp³-hybridized carbons (Fsp3) is 0.429. The summed E-state index contributed by atoms with van der Waals surface area (Å²) in [5.74, 6) is -0.478. The third-order valence-electron chi connectivity index (χ3n) is 3.61. The molecule has 3 rings (SSSR count). The van der Waals surface area contributed by atoms with Crippen molar-refractivity contribution in [3.63, 3.8) is 0 Å². The second kappa shape index (κ2) is 4.79. The molecule has 1 aromatic rings. The largest absolute Gasteiger partial charge is 0.378 e. The van der Waals surface area contributed by atoms with E-state index >= 15 is 0 Å². The highest BCUT2D eigenvalue weighted by Crippen LogP contribution is 2.22. The third kappa shape index (κ3) is 2.02. The standard InChI is InChI=1S/C14H15N3O3/c1-8-9(2)16-13-12(15-8)11(18)7-10(14(13)19)17-3-5-20-6-4-17/h7H,3-6H2,1-2H3. The van der Waals surface area contributed by atoms with Crippen LogP contribution in [0.2, 0.25) is 0 Å². The van der Waals surface area contributed by atoms with Gasteiger partial charge in [-0.05, 0) is 13.8 Å². The minimum Gasteiger partial charge on any atom is -0.378 e. The maximum absolute atomic E-state index is 12.5. The predicted molar refractivity (Wildman–Crippen MR) is 70.6 cm³/mol. The van der Waals surface area contributed by atoms with Gasteiger partial charge in [-0.1, -0.05) is 0 Å². The van der Waals surface area contributed by atoms with Crippen molar-refractivity contribution in [2.75, 3.05) is 26.3 Å². The van der Waals surface area contributed by atoms with Crippen molar-refractivity contribution in [3.8, 4) is 0 Å². The van der Waals surface area contributed by atoms with E-state index in [9.17, 15) is 9.59 Å². The zero-order valence-corrected chi connectivity index (χ0v) is 11.5. The normalized spacial score (nSPS) is 18.9. The number of aromatic nitrogens is 2. The zero-order valence-electron chi connectivity index (χ0n) is 11.5. The Hall–Kier alpha value is -2.08. The van der Waals surface area contributed by atoms with Crippen LogP contribution in [0.5, 0.6) is 0 Å². The van der Waals surface area contributed by atoms with Crippen LogP contribution in [0.4, 0.5) is 0 Å². The Kier molecular flexibility index (Phi) is 3.10. The van der Waals surface area contributed by atoms with Crippen molar-refractivity contribution in [2.45, 2.75) is 13.8 Å². The van der Waals surface area contributed by atoms with Crippen LogP contribution in [-0.4, -0.2) is 52.7 Å². The van der Waals surface area contributed by atoms with Gasteiger partial charge in [0.15, 0.2) is 0 Å². The summed E-state index contributed by atoms with van der Waals surface area (Å²) < 4.78 is 5.26.